The average Bonchev–Trinajstić information content (AvgIpc) is 2.83. The van der Waals surface area contributed by atoms with E-state index in [1.165, 1.54) is 5.56 Å². The molecular formula is C14H16BrNOS. The van der Waals surface area contributed by atoms with Gasteiger partial charge in [0, 0.05) is 11.4 Å². The van der Waals surface area contributed by atoms with Crippen LogP contribution in [-0.4, -0.2) is 6.54 Å². The molecule has 2 aromatic rings. The number of aryl methyl sites for hydroxylation is 1. The molecule has 0 fully saturated rings. The van der Waals surface area contributed by atoms with Gasteiger partial charge >= 0.3 is 0 Å². The quantitative estimate of drug-likeness (QED) is 0.896. The van der Waals surface area contributed by atoms with E-state index in [1.807, 2.05) is 24.3 Å². The van der Waals surface area contributed by atoms with Gasteiger partial charge in [-0.3, -0.25) is 0 Å². The van der Waals surface area contributed by atoms with E-state index < -0.39 is 0 Å². The molecular weight excluding hydrogens is 310 g/mol. The van der Waals surface area contributed by atoms with Gasteiger partial charge in [0.2, 0.25) is 0 Å². The van der Waals surface area contributed by atoms with E-state index in [0.29, 0.717) is 6.54 Å². The lowest BCUT2D eigenvalue weighted by molar-refractivity contribution is 0.216. The molecule has 0 saturated carbocycles. The van der Waals surface area contributed by atoms with Crippen molar-refractivity contribution in [3.8, 4) is 5.75 Å². The predicted octanol–water partition coefficient (Wildman–Crippen LogP) is 4.15. The summed E-state index contributed by atoms with van der Waals surface area (Å²) in [7, 11) is 0. The topological polar surface area (TPSA) is 35.2 Å². The van der Waals surface area contributed by atoms with E-state index in [0.717, 1.165) is 20.8 Å². The molecule has 2 N–H and O–H groups in total. The van der Waals surface area contributed by atoms with Crippen molar-refractivity contribution < 1.29 is 4.74 Å². The minimum atomic E-state index is -0.0750. The maximum absolute atomic E-state index is 6.05. The second kappa shape index (κ2) is 6.36. The first kappa shape index (κ1) is 13.6. The van der Waals surface area contributed by atoms with Crippen LogP contribution in [-0.2, 0) is 6.42 Å². The molecule has 1 aromatic heterocycles. The zero-order valence-corrected chi connectivity index (χ0v) is 12.6. The largest absolute Gasteiger partial charge is 0.483 e. The monoisotopic (exact) mass is 325 g/mol. The molecule has 1 aromatic carbocycles. The number of rotatable bonds is 5. The molecule has 2 nitrogen and oxygen atoms in total. The molecule has 2 rings (SSSR count). The van der Waals surface area contributed by atoms with E-state index >= 15 is 0 Å². The zero-order valence-electron chi connectivity index (χ0n) is 10.2. The number of para-hydroxylation sites is 1. The van der Waals surface area contributed by atoms with Gasteiger partial charge in [-0.15, -0.1) is 11.3 Å². The van der Waals surface area contributed by atoms with Gasteiger partial charge in [0.1, 0.15) is 11.9 Å². The first-order chi connectivity index (χ1) is 8.74. The summed E-state index contributed by atoms with van der Waals surface area (Å²) >= 11 is 5.13. The highest BCUT2D eigenvalue weighted by atomic mass is 79.9. The van der Waals surface area contributed by atoms with Crippen molar-refractivity contribution in [2.45, 2.75) is 19.4 Å². The van der Waals surface area contributed by atoms with Crippen LogP contribution in [0.2, 0.25) is 0 Å². The number of hydrogen-bond donors (Lipinski definition) is 1. The van der Waals surface area contributed by atoms with Crippen LogP contribution in [0.5, 0.6) is 5.75 Å². The van der Waals surface area contributed by atoms with Crippen LogP contribution >= 0.6 is 27.3 Å². The Morgan fingerprint density at radius 3 is 2.67 bits per heavy atom. The summed E-state index contributed by atoms with van der Waals surface area (Å²) < 4.78 is 7.15. The van der Waals surface area contributed by atoms with Crippen molar-refractivity contribution >= 4 is 27.3 Å². The number of halogens is 1. The van der Waals surface area contributed by atoms with Gasteiger partial charge in [0.25, 0.3) is 0 Å². The molecule has 0 aliphatic rings. The summed E-state index contributed by atoms with van der Waals surface area (Å²) in [5.41, 5.74) is 7.03. The molecule has 0 spiro atoms. The molecule has 1 unspecified atom stereocenters. The highest BCUT2D eigenvalue weighted by Crippen LogP contribution is 2.31. The number of benzene rings is 1. The Morgan fingerprint density at radius 1 is 1.28 bits per heavy atom. The smallest absolute Gasteiger partial charge is 0.145 e. The van der Waals surface area contributed by atoms with E-state index in [-0.39, 0.29) is 6.10 Å². The van der Waals surface area contributed by atoms with Crippen LogP contribution < -0.4 is 10.5 Å². The summed E-state index contributed by atoms with van der Waals surface area (Å²) in [4.78, 5) is 1.15. The maximum atomic E-state index is 6.05. The molecule has 0 saturated heterocycles. The van der Waals surface area contributed by atoms with Crippen LogP contribution in [0.25, 0.3) is 0 Å². The van der Waals surface area contributed by atoms with Crippen LogP contribution in [0, 0.1) is 0 Å². The van der Waals surface area contributed by atoms with Crippen molar-refractivity contribution in [3.05, 3.63) is 50.6 Å². The highest BCUT2D eigenvalue weighted by molar-refractivity contribution is 9.11. The van der Waals surface area contributed by atoms with Gasteiger partial charge in [-0.25, -0.2) is 0 Å². The normalized spacial score (nSPS) is 12.4. The summed E-state index contributed by atoms with van der Waals surface area (Å²) in [6.07, 6.45) is 0.885. The second-order valence-corrected chi connectivity index (χ2v) is 6.44. The predicted molar refractivity (Wildman–Crippen MR) is 80.3 cm³/mol. The number of nitrogens with two attached hydrogens (primary N) is 1. The van der Waals surface area contributed by atoms with E-state index in [1.54, 1.807) is 11.3 Å². The van der Waals surface area contributed by atoms with Gasteiger partial charge in [-0.1, -0.05) is 25.1 Å². The average molecular weight is 326 g/mol. The fourth-order valence-corrected chi connectivity index (χ4v) is 3.25. The van der Waals surface area contributed by atoms with E-state index in [4.69, 9.17) is 10.5 Å². The second-order valence-electron chi connectivity index (χ2n) is 3.95. The first-order valence-corrected chi connectivity index (χ1v) is 7.55. The molecule has 1 atom stereocenters. The molecule has 1 heterocycles. The maximum Gasteiger partial charge on any atom is 0.145 e. The highest BCUT2D eigenvalue weighted by Gasteiger charge is 2.15. The van der Waals surface area contributed by atoms with Crippen LogP contribution in [0.1, 0.15) is 23.5 Å². The summed E-state index contributed by atoms with van der Waals surface area (Å²) in [6.45, 7) is 2.60. The fourth-order valence-electron chi connectivity index (χ4n) is 1.79. The summed E-state index contributed by atoms with van der Waals surface area (Å²) in [6, 6.07) is 12.2. The number of hydrogen-bond acceptors (Lipinski definition) is 3. The van der Waals surface area contributed by atoms with Crippen molar-refractivity contribution in [3.63, 3.8) is 0 Å². The van der Waals surface area contributed by atoms with Crippen molar-refractivity contribution in [1.82, 2.24) is 0 Å². The third kappa shape index (κ3) is 3.13. The molecule has 0 aliphatic heterocycles. The molecule has 0 aliphatic carbocycles. The van der Waals surface area contributed by atoms with Gasteiger partial charge < -0.3 is 10.5 Å². The molecule has 0 amide bonds. The van der Waals surface area contributed by atoms with Crippen LogP contribution in [0.15, 0.2) is 40.2 Å². The van der Waals surface area contributed by atoms with E-state index in [2.05, 4.69) is 35.0 Å². The molecule has 0 radical (unpaired) electrons. The number of ether oxygens (including phenoxy) is 1. The van der Waals surface area contributed by atoms with Gasteiger partial charge in [0.05, 0.1) is 3.79 Å². The third-order valence-electron chi connectivity index (χ3n) is 2.75. The minimum Gasteiger partial charge on any atom is -0.483 e. The Bertz CT molecular complexity index is 512. The lowest BCUT2D eigenvalue weighted by Gasteiger charge is -2.18. The zero-order chi connectivity index (χ0) is 13.0. The van der Waals surface area contributed by atoms with Crippen molar-refractivity contribution in [1.29, 1.82) is 0 Å². The standard InChI is InChI=1S/C14H16BrNOS/c1-2-10-5-3-4-6-11(10)17-12(9-16)13-7-8-14(15)18-13/h3-8,12H,2,9,16H2,1H3. The Balaban J connectivity index is 2.20. The van der Waals surface area contributed by atoms with Crippen LogP contribution in [0.3, 0.4) is 0 Å². The van der Waals surface area contributed by atoms with Crippen molar-refractivity contribution in [2.75, 3.05) is 6.54 Å². The Hall–Kier alpha value is -0.840. The fraction of sp³-hybridized carbons (Fsp3) is 0.286. The Kier molecular flexibility index (Phi) is 4.80. The molecule has 0 bridgehead atoms. The number of thiophene rings is 1. The van der Waals surface area contributed by atoms with Crippen molar-refractivity contribution in [2.24, 2.45) is 5.73 Å². The van der Waals surface area contributed by atoms with Gasteiger partial charge in [0.15, 0.2) is 0 Å². The van der Waals surface area contributed by atoms with Gasteiger partial charge in [-0.05, 0) is 46.1 Å². The minimum absolute atomic E-state index is 0.0750. The van der Waals surface area contributed by atoms with Crippen LogP contribution in [0.4, 0.5) is 0 Å². The summed E-state index contributed by atoms with van der Waals surface area (Å²) in [5.74, 6) is 0.931. The van der Waals surface area contributed by atoms with E-state index in [9.17, 15) is 0 Å². The van der Waals surface area contributed by atoms with Gasteiger partial charge in [-0.2, -0.15) is 0 Å². The first-order valence-electron chi connectivity index (χ1n) is 5.94. The lowest BCUT2D eigenvalue weighted by Crippen LogP contribution is -2.17. The Morgan fingerprint density at radius 2 is 2.06 bits per heavy atom. The lowest BCUT2D eigenvalue weighted by atomic mass is 10.1. The molecule has 96 valence electrons. The molecule has 18 heavy (non-hydrogen) atoms. The summed E-state index contributed by atoms with van der Waals surface area (Å²) in [5, 5.41) is 0. The molecule has 4 heteroatoms. The third-order valence-corrected chi connectivity index (χ3v) is 4.46. The SMILES string of the molecule is CCc1ccccc1OC(CN)c1ccc(Br)s1. The Labute approximate surface area is 120 Å².